The highest BCUT2D eigenvalue weighted by atomic mass is 32.1. The van der Waals surface area contributed by atoms with E-state index in [1.165, 1.54) is 22.7 Å². The molecule has 17 heavy (non-hydrogen) atoms. The predicted octanol–water partition coefficient (Wildman–Crippen LogP) is 2.63. The fourth-order valence-corrected chi connectivity index (χ4v) is 3.24. The zero-order valence-electron chi connectivity index (χ0n) is 8.54. The van der Waals surface area contributed by atoms with Crippen LogP contribution in [0.1, 0.15) is 5.01 Å². The number of nitrogens with one attached hydrogen (secondary N) is 1. The lowest BCUT2D eigenvalue weighted by molar-refractivity contribution is 0.731. The molecule has 0 aliphatic carbocycles. The van der Waals surface area contributed by atoms with E-state index in [0.29, 0.717) is 16.0 Å². The summed E-state index contributed by atoms with van der Waals surface area (Å²) in [6, 6.07) is 1.87. The van der Waals surface area contributed by atoms with Crippen LogP contribution in [0.5, 0.6) is 0 Å². The Morgan fingerprint density at radius 2 is 2.29 bits per heavy atom. The van der Waals surface area contributed by atoms with E-state index in [0.717, 1.165) is 10.5 Å². The molecule has 0 saturated carbocycles. The van der Waals surface area contributed by atoms with Crippen molar-refractivity contribution in [3.05, 3.63) is 43.2 Å². The van der Waals surface area contributed by atoms with Gasteiger partial charge in [0.15, 0.2) is 4.77 Å². The highest BCUT2D eigenvalue weighted by molar-refractivity contribution is 7.71. The topological polar surface area (TPSA) is 50.7 Å². The van der Waals surface area contributed by atoms with Crippen molar-refractivity contribution in [2.24, 2.45) is 0 Å². The molecular formula is C10H7N3OS3. The number of hydrogen-bond acceptors (Lipinski definition) is 5. The molecule has 3 rings (SSSR count). The van der Waals surface area contributed by atoms with E-state index in [9.17, 15) is 4.79 Å². The maximum atomic E-state index is 12.2. The second kappa shape index (κ2) is 4.17. The van der Waals surface area contributed by atoms with Gasteiger partial charge in [-0.15, -0.1) is 22.7 Å². The van der Waals surface area contributed by atoms with Gasteiger partial charge >= 0.3 is 0 Å². The van der Waals surface area contributed by atoms with Crippen LogP contribution in [0.4, 0.5) is 0 Å². The van der Waals surface area contributed by atoms with Crippen molar-refractivity contribution < 1.29 is 0 Å². The molecule has 86 valence electrons. The number of H-pyrrole nitrogens is 1. The SMILES string of the molecule is O=c1c2sccc2[nH]c(=S)n1Cc1nccs1. The fourth-order valence-electron chi connectivity index (χ4n) is 1.58. The number of rotatable bonds is 2. The summed E-state index contributed by atoms with van der Waals surface area (Å²) in [5.41, 5.74) is 0.759. The van der Waals surface area contributed by atoms with Crippen molar-refractivity contribution in [1.29, 1.82) is 0 Å². The van der Waals surface area contributed by atoms with Crippen molar-refractivity contribution in [2.75, 3.05) is 0 Å². The summed E-state index contributed by atoms with van der Waals surface area (Å²) in [6.45, 7) is 0.430. The van der Waals surface area contributed by atoms with Crippen molar-refractivity contribution in [3.63, 3.8) is 0 Å². The van der Waals surface area contributed by atoms with Crippen LogP contribution in [-0.4, -0.2) is 14.5 Å². The molecule has 0 aromatic carbocycles. The van der Waals surface area contributed by atoms with Gasteiger partial charge in [-0.25, -0.2) is 4.98 Å². The lowest BCUT2D eigenvalue weighted by Gasteiger charge is -2.03. The fraction of sp³-hybridized carbons (Fsp3) is 0.100. The minimum atomic E-state index is -0.0473. The average molecular weight is 281 g/mol. The van der Waals surface area contributed by atoms with Crippen LogP contribution in [0.25, 0.3) is 10.2 Å². The molecule has 0 atom stereocenters. The molecule has 0 fully saturated rings. The Balaban J connectivity index is 2.22. The molecule has 0 bridgehead atoms. The van der Waals surface area contributed by atoms with Gasteiger partial charge in [0, 0.05) is 11.6 Å². The highest BCUT2D eigenvalue weighted by Crippen LogP contribution is 2.14. The van der Waals surface area contributed by atoms with Crippen LogP contribution in [0, 0.1) is 4.77 Å². The summed E-state index contributed by atoms with van der Waals surface area (Å²) < 4.78 is 2.69. The van der Waals surface area contributed by atoms with E-state index in [2.05, 4.69) is 9.97 Å². The summed E-state index contributed by atoms with van der Waals surface area (Å²) in [5.74, 6) is 0. The van der Waals surface area contributed by atoms with E-state index in [1.807, 2.05) is 16.8 Å². The third kappa shape index (κ3) is 1.86. The van der Waals surface area contributed by atoms with Gasteiger partial charge in [0.25, 0.3) is 5.56 Å². The maximum Gasteiger partial charge on any atom is 0.272 e. The van der Waals surface area contributed by atoms with Crippen molar-refractivity contribution in [2.45, 2.75) is 6.54 Å². The summed E-state index contributed by atoms with van der Waals surface area (Å²) >= 11 is 8.13. The molecule has 0 saturated heterocycles. The van der Waals surface area contributed by atoms with E-state index in [-0.39, 0.29) is 5.56 Å². The van der Waals surface area contributed by atoms with Gasteiger partial charge in [0.1, 0.15) is 9.71 Å². The summed E-state index contributed by atoms with van der Waals surface area (Å²) in [4.78, 5) is 19.4. The first kappa shape index (κ1) is 10.8. The molecule has 3 aromatic heterocycles. The van der Waals surface area contributed by atoms with Crippen molar-refractivity contribution in [3.8, 4) is 0 Å². The molecular weight excluding hydrogens is 274 g/mol. The van der Waals surface area contributed by atoms with Gasteiger partial charge in [-0.05, 0) is 23.7 Å². The Kier molecular flexibility index (Phi) is 2.65. The molecule has 1 N–H and O–H groups in total. The van der Waals surface area contributed by atoms with Crippen LogP contribution in [0.15, 0.2) is 27.8 Å². The first-order valence-corrected chi connectivity index (χ1v) is 7.01. The smallest absolute Gasteiger partial charge is 0.272 e. The van der Waals surface area contributed by atoms with Gasteiger partial charge in [0.2, 0.25) is 0 Å². The Morgan fingerprint density at radius 3 is 3.06 bits per heavy atom. The molecule has 0 spiro atoms. The quantitative estimate of drug-likeness (QED) is 0.735. The van der Waals surface area contributed by atoms with Gasteiger partial charge < -0.3 is 4.98 Å². The standard InChI is InChI=1S/C10H7N3OS3/c14-9-8-6(1-3-17-8)12-10(15)13(9)5-7-11-2-4-16-7/h1-4H,5H2,(H,12,15). The summed E-state index contributed by atoms with van der Waals surface area (Å²) in [7, 11) is 0. The largest absolute Gasteiger partial charge is 0.331 e. The first-order valence-electron chi connectivity index (χ1n) is 4.84. The van der Waals surface area contributed by atoms with Crippen molar-refractivity contribution in [1.82, 2.24) is 14.5 Å². The molecule has 0 radical (unpaired) electrons. The molecule has 0 aliphatic rings. The number of hydrogen-bond donors (Lipinski definition) is 1. The first-order chi connectivity index (χ1) is 8.25. The molecule has 4 nitrogen and oxygen atoms in total. The second-order valence-corrected chi connectivity index (χ2v) is 5.69. The lowest BCUT2D eigenvalue weighted by Crippen LogP contribution is -2.21. The minimum Gasteiger partial charge on any atom is -0.331 e. The molecule has 0 unspecified atom stereocenters. The van der Waals surface area contributed by atoms with E-state index >= 15 is 0 Å². The lowest BCUT2D eigenvalue weighted by atomic mass is 10.4. The normalized spacial score (nSPS) is 11.1. The Bertz CT molecular complexity index is 766. The number of nitrogens with zero attached hydrogens (tertiary/aromatic N) is 2. The van der Waals surface area contributed by atoms with Crippen LogP contribution in [0.2, 0.25) is 0 Å². The highest BCUT2D eigenvalue weighted by Gasteiger charge is 2.08. The average Bonchev–Trinajstić information content (AvgIpc) is 2.94. The molecule has 7 heteroatoms. The van der Waals surface area contributed by atoms with Crippen molar-refractivity contribution >= 4 is 45.1 Å². The molecule has 3 heterocycles. The molecule has 0 amide bonds. The minimum absolute atomic E-state index is 0.0473. The summed E-state index contributed by atoms with van der Waals surface area (Å²) in [5, 5.41) is 4.64. The third-order valence-corrected chi connectivity index (χ3v) is 4.36. The number of aromatic amines is 1. The van der Waals surface area contributed by atoms with E-state index < -0.39 is 0 Å². The monoisotopic (exact) mass is 281 g/mol. The van der Waals surface area contributed by atoms with E-state index in [4.69, 9.17) is 12.2 Å². The van der Waals surface area contributed by atoms with E-state index in [1.54, 1.807) is 10.8 Å². The summed E-state index contributed by atoms with van der Waals surface area (Å²) in [6.07, 6.45) is 1.72. The number of fused-ring (bicyclic) bond motifs is 1. The number of thiazole rings is 1. The zero-order chi connectivity index (χ0) is 11.8. The Morgan fingerprint density at radius 1 is 1.41 bits per heavy atom. The third-order valence-electron chi connectivity index (χ3n) is 2.37. The second-order valence-electron chi connectivity index (χ2n) is 3.41. The van der Waals surface area contributed by atoms with Gasteiger partial charge in [-0.2, -0.15) is 0 Å². The van der Waals surface area contributed by atoms with Crippen LogP contribution in [0.3, 0.4) is 0 Å². The number of thiophene rings is 1. The molecule has 3 aromatic rings. The van der Waals surface area contributed by atoms with Crippen LogP contribution >= 0.6 is 34.9 Å². The zero-order valence-corrected chi connectivity index (χ0v) is 11.0. The van der Waals surface area contributed by atoms with Crippen LogP contribution < -0.4 is 5.56 Å². The Hall–Kier alpha value is -1.31. The van der Waals surface area contributed by atoms with Crippen LogP contribution in [-0.2, 0) is 6.54 Å². The van der Waals surface area contributed by atoms with Gasteiger partial charge in [-0.1, -0.05) is 0 Å². The number of aromatic nitrogens is 3. The predicted molar refractivity (Wildman–Crippen MR) is 72.5 cm³/mol. The van der Waals surface area contributed by atoms with Gasteiger partial charge in [0.05, 0.1) is 12.1 Å². The van der Waals surface area contributed by atoms with Gasteiger partial charge in [-0.3, -0.25) is 9.36 Å². The Labute approximate surface area is 109 Å². The maximum absolute atomic E-state index is 12.2. The molecule has 0 aliphatic heterocycles.